The molecule has 5 heteroatoms. The summed E-state index contributed by atoms with van der Waals surface area (Å²) in [6.07, 6.45) is 1.57. The zero-order valence-corrected chi connectivity index (χ0v) is 6.90. The van der Waals surface area contributed by atoms with Crippen LogP contribution in [0.25, 0.3) is 11.0 Å². The molecular formula is C8H7N3O2. The molecule has 2 N–H and O–H groups in total. The Balaban J connectivity index is 2.83. The molecule has 0 amide bonds. The van der Waals surface area contributed by atoms with Crippen LogP contribution in [0.5, 0.6) is 0 Å². The maximum atomic E-state index is 10.7. The molecule has 0 unspecified atom stereocenters. The van der Waals surface area contributed by atoms with Crippen molar-refractivity contribution < 1.29 is 9.90 Å². The summed E-state index contributed by atoms with van der Waals surface area (Å²) in [4.78, 5) is 14.6. The molecule has 0 aliphatic rings. The van der Waals surface area contributed by atoms with Crippen LogP contribution in [0.15, 0.2) is 12.3 Å². The lowest BCUT2D eigenvalue weighted by Crippen LogP contribution is -1.97. The van der Waals surface area contributed by atoms with Crippen molar-refractivity contribution in [1.82, 2.24) is 15.2 Å². The molecule has 0 fully saturated rings. The number of pyridine rings is 1. The number of carbonyl (C=O) groups is 1. The van der Waals surface area contributed by atoms with Crippen molar-refractivity contribution in [3.8, 4) is 0 Å². The van der Waals surface area contributed by atoms with Crippen molar-refractivity contribution in [3.63, 3.8) is 0 Å². The quantitative estimate of drug-likeness (QED) is 0.680. The van der Waals surface area contributed by atoms with Gasteiger partial charge in [0.1, 0.15) is 11.0 Å². The number of carboxylic acids is 1. The minimum atomic E-state index is -1.04. The summed E-state index contributed by atoms with van der Waals surface area (Å²) in [5.41, 5.74) is 1.97. The molecule has 13 heavy (non-hydrogen) atoms. The monoisotopic (exact) mass is 177 g/mol. The Morgan fingerprint density at radius 2 is 2.31 bits per heavy atom. The maximum Gasteiger partial charge on any atom is 0.356 e. The van der Waals surface area contributed by atoms with Crippen molar-refractivity contribution in [2.45, 2.75) is 6.92 Å². The minimum absolute atomic E-state index is 0.0405. The maximum absolute atomic E-state index is 10.7. The lowest BCUT2D eigenvalue weighted by Gasteiger charge is -1.91. The first-order chi connectivity index (χ1) is 6.20. The molecule has 5 nitrogen and oxygen atoms in total. The third-order valence-corrected chi connectivity index (χ3v) is 1.86. The Morgan fingerprint density at radius 1 is 1.54 bits per heavy atom. The molecule has 0 radical (unpaired) electrons. The van der Waals surface area contributed by atoms with Gasteiger partial charge in [-0.3, -0.25) is 10.1 Å². The number of H-pyrrole nitrogens is 1. The summed E-state index contributed by atoms with van der Waals surface area (Å²) < 4.78 is 0. The average Bonchev–Trinajstić information content (AvgIpc) is 2.48. The Kier molecular flexibility index (Phi) is 1.51. The van der Waals surface area contributed by atoms with Gasteiger partial charge in [-0.15, -0.1) is 0 Å². The van der Waals surface area contributed by atoms with Crippen molar-refractivity contribution in [2.75, 3.05) is 0 Å². The summed E-state index contributed by atoms with van der Waals surface area (Å²) in [5, 5.41) is 15.1. The van der Waals surface area contributed by atoms with E-state index in [9.17, 15) is 4.79 Å². The number of aromatic nitrogens is 3. The van der Waals surface area contributed by atoms with Crippen LogP contribution in [0.1, 0.15) is 16.1 Å². The van der Waals surface area contributed by atoms with Gasteiger partial charge < -0.3 is 5.11 Å². The van der Waals surface area contributed by atoms with Crippen molar-refractivity contribution in [2.24, 2.45) is 0 Å². The molecule has 2 rings (SSSR count). The van der Waals surface area contributed by atoms with Crippen LogP contribution >= 0.6 is 0 Å². The molecule has 0 saturated heterocycles. The fourth-order valence-corrected chi connectivity index (χ4v) is 1.19. The first-order valence-electron chi connectivity index (χ1n) is 3.73. The van der Waals surface area contributed by atoms with E-state index in [0.29, 0.717) is 11.0 Å². The normalized spacial score (nSPS) is 10.5. The largest absolute Gasteiger partial charge is 0.476 e. The fourth-order valence-electron chi connectivity index (χ4n) is 1.19. The van der Waals surface area contributed by atoms with Crippen LogP contribution in [0.4, 0.5) is 0 Å². The second kappa shape index (κ2) is 2.55. The highest BCUT2D eigenvalue weighted by atomic mass is 16.4. The van der Waals surface area contributed by atoms with Gasteiger partial charge in [-0.05, 0) is 18.6 Å². The van der Waals surface area contributed by atoms with Gasteiger partial charge in [0.15, 0.2) is 5.69 Å². The lowest BCUT2D eigenvalue weighted by atomic mass is 10.2. The summed E-state index contributed by atoms with van der Waals surface area (Å²) in [6.45, 7) is 1.86. The van der Waals surface area contributed by atoms with E-state index in [1.165, 1.54) is 0 Å². The molecule has 2 aromatic rings. The molecule has 0 aliphatic heterocycles. The van der Waals surface area contributed by atoms with Crippen LogP contribution in [0, 0.1) is 6.92 Å². The fraction of sp³-hybridized carbons (Fsp3) is 0.125. The van der Waals surface area contributed by atoms with Crippen LogP contribution in [0.2, 0.25) is 0 Å². The molecule has 0 saturated carbocycles. The number of hydrogen-bond donors (Lipinski definition) is 2. The third-order valence-electron chi connectivity index (χ3n) is 1.86. The van der Waals surface area contributed by atoms with E-state index < -0.39 is 5.97 Å². The average molecular weight is 177 g/mol. The first-order valence-corrected chi connectivity index (χ1v) is 3.73. The van der Waals surface area contributed by atoms with Gasteiger partial charge in [-0.1, -0.05) is 0 Å². The Bertz CT molecular complexity index is 475. The highest BCUT2D eigenvalue weighted by Crippen LogP contribution is 2.15. The molecule has 0 bridgehead atoms. The number of aryl methyl sites for hydroxylation is 1. The number of carboxylic acid groups (broad SMARTS) is 1. The summed E-state index contributed by atoms with van der Waals surface area (Å²) >= 11 is 0. The molecule has 0 spiro atoms. The summed E-state index contributed by atoms with van der Waals surface area (Å²) in [6, 6.07) is 1.79. The van der Waals surface area contributed by atoms with E-state index in [0.717, 1.165) is 5.56 Å². The van der Waals surface area contributed by atoms with Gasteiger partial charge in [0, 0.05) is 6.20 Å². The van der Waals surface area contributed by atoms with Crippen LogP contribution in [0.3, 0.4) is 0 Å². The van der Waals surface area contributed by atoms with Gasteiger partial charge in [0.2, 0.25) is 0 Å². The number of fused-ring (bicyclic) bond motifs is 1. The Hall–Kier alpha value is -1.91. The van der Waals surface area contributed by atoms with E-state index in [1.54, 1.807) is 12.3 Å². The standard InChI is InChI=1S/C8H7N3O2/c1-4-2-3-9-6-5(4)10-11-7(6)8(12)13/h2-3H,1H3,(H,10,11)(H,12,13). The molecule has 2 heterocycles. The van der Waals surface area contributed by atoms with Crippen molar-refractivity contribution >= 4 is 17.0 Å². The zero-order chi connectivity index (χ0) is 9.42. The molecule has 0 aromatic carbocycles. The predicted molar refractivity (Wildman–Crippen MR) is 45.6 cm³/mol. The Morgan fingerprint density at radius 3 is 3.00 bits per heavy atom. The highest BCUT2D eigenvalue weighted by Gasteiger charge is 2.13. The molecule has 0 aliphatic carbocycles. The molecular weight excluding hydrogens is 170 g/mol. The van der Waals surface area contributed by atoms with Gasteiger partial charge in [0.05, 0.1) is 0 Å². The summed E-state index contributed by atoms with van der Waals surface area (Å²) in [5.74, 6) is -1.04. The molecule has 0 atom stereocenters. The number of nitrogens with one attached hydrogen (secondary N) is 1. The summed E-state index contributed by atoms with van der Waals surface area (Å²) in [7, 11) is 0. The second-order valence-corrected chi connectivity index (χ2v) is 2.73. The SMILES string of the molecule is Cc1ccnc2c(C(=O)O)[nH]nc12. The van der Waals surface area contributed by atoms with Crippen molar-refractivity contribution in [1.29, 1.82) is 0 Å². The lowest BCUT2D eigenvalue weighted by molar-refractivity contribution is 0.0692. The van der Waals surface area contributed by atoms with E-state index in [2.05, 4.69) is 15.2 Å². The molecule has 2 aromatic heterocycles. The van der Waals surface area contributed by atoms with E-state index >= 15 is 0 Å². The topological polar surface area (TPSA) is 78.9 Å². The number of hydrogen-bond acceptors (Lipinski definition) is 3. The van der Waals surface area contributed by atoms with Crippen LogP contribution < -0.4 is 0 Å². The van der Waals surface area contributed by atoms with E-state index in [1.807, 2.05) is 6.92 Å². The second-order valence-electron chi connectivity index (χ2n) is 2.73. The van der Waals surface area contributed by atoms with Gasteiger partial charge in [-0.25, -0.2) is 4.79 Å². The van der Waals surface area contributed by atoms with Gasteiger partial charge in [-0.2, -0.15) is 5.10 Å². The van der Waals surface area contributed by atoms with Gasteiger partial charge >= 0.3 is 5.97 Å². The minimum Gasteiger partial charge on any atom is -0.476 e. The van der Waals surface area contributed by atoms with Crippen molar-refractivity contribution in [3.05, 3.63) is 23.5 Å². The zero-order valence-electron chi connectivity index (χ0n) is 6.90. The predicted octanol–water partition coefficient (Wildman–Crippen LogP) is 0.965. The number of aromatic amines is 1. The van der Waals surface area contributed by atoms with Crippen LogP contribution in [-0.2, 0) is 0 Å². The highest BCUT2D eigenvalue weighted by molar-refractivity contribution is 5.99. The number of aromatic carboxylic acids is 1. The Labute approximate surface area is 73.4 Å². The number of rotatable bonds is 1. The smallest absolute Gasteiger partial charge is 0.356 e. The molecule has 66 valence electrons. The van der Waals surface area contributed by atoms with Crippen LogP contribution in [-0.4, -0.2) is 26.3 Å². The first kappa shape index (κ1) is 7.72. The van der Waals surface area contributed by atoms with E-state index in [4.69, 9.17) is 5.11 Å². The van der Waals surface area contributed by atoms with E-state index in [-0.39, 0.29) is 5.69 Å². The van der Waals surface area contributed by atoms with Gasteiger partial charge in [0.25, 0.3) is 0 Å². The third kappa shape index (κ3) is 1.05. The number of nitrogens with zero attached hydrogens (tertiary/aromatic N) is 2.